The van der Waals surface area contributed by atoms with Crippen molar-refractivity contribution in [1.82, 2.24) is 0 Å². The van der Waals surface area contributed by atoms with Crippen molar-refractivity contribution in [3.05, 3.63) is 127 Å². The molecular formula is C28H18O2S4Se. The quantitative estimate of drug-likeness (QED) is 0.183. The van der Waals surface area contributed by atoms with E-state index in [0.29, 0.717) is 0 Å². The maximum atomic E-state index is 5.81. The van der Waals surface area contributed by atoms with E-state index in [1.54, 1.807) is 22.7 Å². The Bertz CT molecular complexity index is 1470. The van der Waals surface area contributed by atoms with Gasteiger partial charge in [-0.3, -0.25) is 0 Å². The fourth-order valence-electron chi connectivity index (χ4n) is 4.83. The number of hydrogen-bond donors (Lipinski definition) is 0. The summed E-state index contributed by atoms with van der Waals surface area (Å²) in [5, 5.41) is 13.3. The molecular weight excluding hydrogens is 576 g/mol. The van der Waals surface area contributed by atoms with Crippen molar-refractivity contribution in [2.45, 2.75) is 0 Å². The second-order valence-electron chi connectivity index (χ2n) is 7.92. The second-order valence-corrected chi connectivity index (χ2v) is 17.6. The van der Waals surface area contributed by atoms with E-state index in [2.05, 4.69) is 80.8 Å². The van der Waals surface area contributed by atoms with Crippen LogP contribution in [0.1, 0.15) is 20.9 Å². The van der Waals surface area contributed by atoms with Crippen LogP contribution in [0.4, 0.5) is 0 Å². The molecule has 1 aliphatic heterocycles. The first-order chi connectivity index (χ1) is 17.4. The molecule has 0 N–H and O–H groups in total. The van der Waals surface area contributed by atoms with Gasteiger partial charge in [0.15, 0.2) is 0 Å². The molecule has 0 aromatic carbocycles. The van der Waals surface area contributed by atoms with E-state index in [1.807, 2.05) is 47.7 Å². The van der Waals surface area contributed by atoms with Gasteiger partial charge in [-0.2, -0.15) is 0 Å². The fourth-order valence-corrected chi connectivity index (χ4v) is 17.7. The summed E-state index contributed by atoms with van der Waals surface area (Å²) in [5.41, 5.74) is 5.27. The van der Waals surface area contributed by atoms with Gasteiger partial charge in [-0.15, -0.1) is 0 Å². The van der Waals surface area contributed by atoms with Crippen LogP contribution in [-0.4, -0.2) is 12.8 Å². The predicted molar refractivity (Wildman–Crippen MR) is 153 cm³/mol. The molecule has 1 aliphatic rings. The number of furan rings is 2. The van der Waals surface area contributed by atoms with Crippen molar-refractivity contribution in [3.63, 3.8) is 0 Å². The summed E-state index contributed by atoms with van der Waals surface area (Å²) in [5.74, 6) is 0. The Balaban J connectivity index is 1.74. The molecule has 0 radical (unpaired) electrons. The van der Waals surface area contributed by atoms with Crippen LogP contribution in [0.25, 0.3) is 20.1 Å². The van der Waals surface area contributed by atoms with Crippen molar-refractivity contribution in [2.24, 2.45) is 0 Å². The van der Waals surface area contributed by atoms with Crippen LogP contribution in [0.15, 0.2) is 115 Å². The van der Waals surface area contributed by atoms with Gasteiger partial charge in [0, 0.05) is 0 Å². The van der Waals surface area contributed by atoms with E-state index in [1.165, 1.54) is 49.9 Å². The Labute approximate surface area is 221 Å². The van der Waals surface area contributed by atoms with Crippen molar-refractivity contribution < 1.29 is 8.83 Å². The van der Waals surface area contributed by atoms with Gasteiger partial charge in [-0.25, -0.2) is 0 Å². The Hall–Kier alpha value is -2.64. The summed E-state index contributed by atoms with van der Waals surface area (Å²) < 4.78 is 17.0. The second kappa shape index (κ2) is 8.79. The van der Waals surface area contributed by atoms with E-state index in [4.69, 9.17) is 8.83 Å². The summed E-state index contributed by atoms with van der Waals surface area (Å²) >= 11 is 4.08. The van der Waals surface area contributed by atoms with Crippen LogP contribution in [-0.2, 0) is 0 Å². The molecule has 0 amide bonds. The van der Waals surface area contributed by atoms with Crippen LogP contribution >= 0.6 is 45.3 Å². The summed E-state index contributed by atoms with van der Waals surface area (Å²) in [4.78, 5) is 2.61. The summed E-state index contributed by atoms with van der Waals surface area (Å²) in [6.07, 6.45) is 7.57. The first-order valence-electron chi connectivity index (χ1n) is 10.9. The van der Waals surface area contributed by atoms with Gasteiger partial charge < -0.3 is 0 Å². The summed E-state index contributed by atoms with van der Waals surface area (Å²) in [6.45, 7) is 0. The molecule has 0 atom stereocenters. The number of allylic oxidation sites excluding steroid dienone is 2. The third kappa shape index (κ3) is 3.24. The van der Waals surface area contributed by atoms with Crippen LogP contribution in [0.3, 0.4) is 0 Å². The van der Waals surface area contributed by atoms with Crippen LogP contribution in [0, 0.1) is 0 Å². The molecule has 7 heteroatoms. The molecule has 35 heavy (non-hydrogen) atoms. The first-order valence-corrected chi connectivity index (χ1v) is 18.0. The van der Waals surface area contributed by atoms with E-state index in [-0.39, 0.29) is 0 Å². The fraction of sp³-hybridized carbons (Fsp3) is 0. The average Bonchev–Trinajstić information content (AvgIpc) is 3.71. The topological polar surface area (TPSA) is 26.3 Å². The summed E-state index contributed by atoms with van der Waals surface area (Å²) in [6, 6.07) is 17.8. The minimum absolute atomic E-state index is 1.26. The van der Waals surface area contributed by atoms with E-state index >= 15 is 0 Å². The van der Waals surface area contributed by atoms with Gasteiger partial charge in [-0.05, 0) is 0 Å². The van der Waals surface area contributed by atoms with E-state index < -0.39 is 12.8 Å². The number of hydrogen-bond acceptors (Lipinski definition) is 6. The van der Waals surface area contributed by atoms with E-state index in [9.17, 15) is 0 Å². The van der Waals surface area contributed by atoms with Gasteiger partial charge >= 0.3 is 223 Å². The molecule has 2 nitrogen and oxygen atoms in total. The molecule has 172 valence electrons. The van der Waals surface area contributed by atoms with E-state index in [0.717, 1.165) is 0 Å². The van der Waals surface area contributed by atoms with Crippen molar-refractivity contribution in [2.75, 3.05) is 0 Å². The molecule has 6 aromatic rings. The maximum absolute atomic E-state index is 5.81. The molecule has 7 heterocycles. The molecule has 6 aromatic heterocycles. The van der Waals surface area contributed by atoms with Crippen molar-refractivity contribution >= 4 is 87.2 Å². The average molecular weight is 594 g/mol. The Morgan fingerprint density at radius 3 is 1.71 bits per heavy atom. The van der Waals surface area contributed by atoms with Crippen LogP contribution in [0.2, 0.25) is 0 Å². The molecule has 0 aliphatic carbocycles. The normalized spacial score (nSPS) is 16.3. The molecule has 0 spiro atoms. The van der Waals surface area contributed by atoms with Crippen LogP contribution in [0.5, 0.6) is 0 Å². The Kier molecular flexibility index (Phi) is 5.43. The van der Waals surface area contributed by atoms with Gasteiger partial charge in [-0.1, -0.05) is 0 Å². The van der Waals surface area contributed by atoms with Gasteiger partial charge in [0.25, 0.3) is 0 Å². The monoisotopic (exact) mass is 594 g/mol. The molecule has 0 saturated heterocycles. The Morgan fingerprint density at radius 1 is 0.571 bits per heavy atom. The van der Waals surface area contributed by atoms with Crippen molar-refractivity contribution in [3.8, 4) is 0 Å². The number of thiophene rings is 4. The van der Waals surface area contributed by atoms with Crippen molar-refractivity contribution in [1.29, 1.82) is 0 Å². The molecule has 0 bridgehead atoms. The zero-order valence-electron chi connectivity index (χ0n) is 18.3. The van der Waals surface area contributed by atoms with Gasteiger partial charge in [0.1, 0.15) is 0 Å². The third-order valence-corrected chi connectivity index (χ3v) is 17.9. The predicted octanol–water partition coefficient (Wildman–Crippen LogP) is 8.00. The molecule has 0 saturated carbocycles. The van der Waals surface area contributed by atoms with Gasteiger partial charge in [0.2, 0.25) is 0 Å². The minimum atomic E-state index is -3.06. The molecule has 7 rings (SSSR count). The SMILES string of the molecule is c1csc(C2=C(c3cccs3)[Se](c3ccoc3)(c3ccoc3)C(c3ccsc3)=C2c2ccsc2)c1. The first kappa shape index (κ1) is 21.6. The molecule has 0 fully saturated rings. The standard InChI is InChI=1S/C28H18O2S4Se/c1-3-23(33-11-1)26-25(19-7-13-31-17-19)27(20-8-14-32-18-20)35(21-5-9-29-15-21,22-6-10-30-16-22)28(26)24-4-2-12-34-24/h1-18H. The van der Waals surface area contributed by atoms with Crippen LogP contribution < -0.4 is 8.92 Å². The third-order valence-electron chi connectivity index (χ3n) is 6.12. The van der Waals surface area contributed by atoms with Gasteiger partial charge in [0.05, 0.1) is 0 Å². The zero-order valence-corrected chi connectivity index (χ0v) is 23.2. The zero-order chi connectivity index (χ0) is 23.2. The molecule has 0 unspecified atom stereocenters. The summed E-state index contributed by atoms with van der Waals surface area (Å²) in [7, 11) is 0. The Morgan fingerprint density at radius 2 is 1.20 bits per heavy atom. The number of rotatable bonds is 6.